The summed E-state index contributed by atoms with van der Waals surface area (Å²) in [4.78, 5) is 35.1. The Labute approximate surface area is 152 Å². The van der Waals surface area contributed by atoms with Crippen LogP contribution in [-0.2, 0) is 9.53 Å². The lowest BCUT2D eigenvalue weighted by Crippen LogP contribution is -2.22. The fraction of sp³-hybridized carbons (Fsp3) is 0.105. The monoisotopic (exact) mass is 371 g/mol. The SMILES string of the molecule is COC(=O)c1cc(F)ccc1NC(=O)COc1ccc2ccc(=O)oc2c1. The van der Waals surface area contributed by atoms with Crippen LogP contribution in [0.25, 0.3) is 11.0 Å². The predicted molar refractivity (Wildman–Crippen MR) is 94.3 cm³/mol. The molecule has 138 valence electrons. The Morgan fingerprint density at radius 2 is 1.89 bits per heavy atom. The van der Waals surface area contributed by atoms with Gasteiger partial charge in [-0.15, -0.1) is 0 Å². The van der Waals surface area contributed by atoms with Crippen LogP contribution in [0.15, 0.2) is 57.7 Å². The Morgan fingerprint density at radius 1 is 1.11 bits per heavy atom. The van der Waals surface area contributed by atoms with Gasteiger partial charge in [-0.2, -0.15) is 0 Å². The van der Waals surface area contributed by atoms with E-state index >= 15 is 0 Å². The summed E-state index contributed by atoms with van der Waals surface area (Å²) < 4.78 is 28.3. The van der Waals surface area contributed by atoms with Gasteiger partial charge >= 0.3 is 11.6 Å². The Kier molecular flexibility index (Phi) is 5.16. The first-order valence-electron chi connectivity index (χ1n) is 7.81. The summed E-state index contributed by atoms with van der Waals surface area (Å²) in [6, 6.07) is 11.0. The number of nitrogens with one attached hydrogen (secondary N) is 1. The van der Waals surface area contributed by atoms with Crippen molar-refractivity contribution in [2.75, 3.05) is 19.0 Å². The van der Waals surface area contributed by atoms with Gasteiger partial charge in [-0.25, -0.2) is 14.0 Å². The molecule has 1 amide bonds. The molecule has 3 aromatic rings. The summed E-state index contributed by atoms with van der Waals surface area (Å²) in [7, 11) is 1.15. The summed E-state index contributed by atoms with van der Waals surface area (Å²) >= 11 is 0. The number of benzene rings is 2. The third-order valence-corrected chi connectivity index (χ3v) is 3.63. The van der Waals surface area contributed by atoms with Crippen molar-refractivity contribution < 1.29 is 27.9 Å². The van der Waals surface area contributed by atoms with Gasteiger partial charge in [0.1, 0.15) is 17.1 Å². The van der Waals surface area contributed by atoms with Crippen LogP contribution >= 0.6 is 0 Å². The second-order valence-corrected chi connectivity index (χ2v) is 5.47. The molecule has 1 aromatic heterocycles. The number of halogens is 1. The Morgan fingerprint density at radius 3 is 2.67 bits per heavy atom. The first kappa shape index (κ1) is 18.1. The zero-order chi connectivity index (χ0) is 19.4. The number of rotatable bonds is 5. The smallest absolute Gasteiger partial charge is 0.340 e. The van der Waals surface area contributed by atoms with Crippen LogP contribution < -0.4 is 15.7 Å². The first-order valence-corrected chi connectivity index (χ1v) is 7.81. The minimum atomic E-state index is -0.782. The van der Waals surface area contributed by atoms with E-state index in [9.17, 15) is 18.8 Å². The Hall–Kier alpha value is -3.68. The Balaban J connectivity index is 1.70. The Bertz CT molecular complexity index is 1080. The number of fused-ring (bicyclic) bond motifs is 1. The van der Waals surface area contributed by atoms with Gasteiger partial charge < -0.3 is 19.2 Å². The van der Waals surface area contributed by atoms with Gasteiger partial charge in [0.05, 0.1) is 18.4 Å². The van der Waals surface area contributed by atoms with Crippen LogP contribution in [0, 0.1) is 5.82 Å². The molecule has 7 nitrogen and oxygen atoms in total. The van der Waals surface area contributed by atoms with Crippen LogP contribution in [0.3, 0.4) is 0 Å². The second-order valence-electron chi connectivity index (χ2n) is 5.47. The van der Waals surface area contributed by atoms with Gasteiger partial charge in [-0.1, -0.05) is 0 Å². The molecule has 0 saturated heterocycles. The number of hydrogen-bond donors (Lipinski definition) is 1. The van der Waals surface area contributed by atoms with Crippen LogP contribution in [0.2, 0.25) is 0 Å². The van der Waals surface area contributed by atoms with Gasteiger partial charge in [-0.05, 0) is 36.4 Å². The average molecular weight is 371 g/mol. The molecule has 0 spiro atoms. The van der Waals surface area contributed by atoms with E-state index in [0.717, 1.165) is 19.2 Å². The maximum atomic E-state index is 13.3. The fourth-order valence-corrected chi connectivity index (χ4v) is 2.37. The van der Waals surface area contributed by atoms with Gasteiger partial charge in [0.25, 0.3) is 5.91 Å². The van der Waals surface area contributed by atoms with E-state index in [1.165, 1.54) is 18.2 Å². The van der Waals surface area contributed by atoms with E-state index in [4.69, 9.17) is 9.15 Å². The lowest BCUT2D eigenvalue weighted by Gasteiger charge is -2.11. The van der Waals surface area contributed by atoms with Crippen molar-refractivity contribution in [3.8, 4) is 5.75 Å². The van der Waals surface area contributed by atoms with Crippen molar-refractivity contribution in [2.24, 2.45) is 0 Å². The fourth-order valence-electron chi connectivity index (χ4n) is 2.37. The van der Waals surface area contributed by atoms with Crippen molar-refractivity contribution in [3.63, 3.8) is 0 Å². The maximum Gasteiger partial charge on any atom is 0.340 e. The van der Waals surface area contributed by atoms with E-state index in [2.05, 4.69) is 10.1 Å². The zero-order valence-corrected chi connectivity index (χ0v) is 14.2. The van der Waals surface area contributed by atoms with E-state index in [1.807, 2.05) is 0 Å². The molecular weight excluding hydrogens is 357 g/mol. The van der Waals surface area contributed by atoms with Crippen molar-refractivity contribution in [1.29, 1.82) is 0 Å². The second kappa shape index (κ2) is 7.69. The highest BCUT2D eigenvalue weighted by Gasteiger charge is 2.15. The quantitative estimate of drug-likeness (QED) is 0.547. The van der Waals surface area contributed by atoms with E-state index in [0.29, 0.717) is 16.7 Å². The summed E-state index contributed by atoms with van der Waals surface area (Å²) in [5.74, 6) is -1.67. The lowest BCUT2D eigenvalue weighted by atomic mass is 10.1. The number of hydrogen-bond acceptors (Lipinski definition) is 6. The molecular formula is C19H14FNO6. The molecule has 1 N–H and O–H groups in total. The molecule has 0 aliphatic carbocycles. The number of carbonyl (C=O) groups is 2. The summed E-state index contributed by atoms with van der Waals surface area (Å²) in [6.45, 7) is -0.374. The maximum absolute atomic E-state index is 13.3. The summed E-state index contributed by atoms with van der Waals surface area (Å²) in [5, 5.41) is 3.17. The highest BCUT2D eigenvalue weighted by atomic mass is 19.1. The summed E-state index contributed by atoms with van der Waals surface area (Å²) in [5.41, 5.74) is -0.185. The molecule has 2 aromatic carbocycles. The van der Waals surface area contributed by atoms with E-state index in [-0.39, 0.29) is 17.9 Å². The molecule has 27 heavy (non-hydrogen) atoms. The molecule has 0 aliphatic heterocycles. The number of methoxy groups -OCH3 is 1. The first-order chi connectivity index (χ1) is 13.0. The van der Waals surface area contributed by atoms with Crippen molar-refractivity contribution >= 4 is 28.5 Å². The molecule has 0 unspecified atom stereocenters. The van der Waals surface area contributed by atoms with Crippen molar-refractivity contribution in [2.45, 2.75) is 0 Å². The van der Waals surface area contributed by atoms with Gasteiger partial charge in [0, 0.05) is 17.5 Å². The van der Waals surface area contributed by atoms with Crippen LogP contribution in [0.4, 0.5) is 10.1 Å². The standard InChI is InChI=1S/C19H14FNO6/c1-25-19(24)14-8-12(20)4-6-15(14)21-17(22)10-26-13-5-2-11-3-7-18(23)27-16(11)9-13/h2-9H,10H2,1H3,(H,21,22). The van der Waals surface area contributed by atoms with Crippen molar-refractivity contribution in [3.05, 3.63) is 70.3 Å². The molecule has 1 heterocycles. The molecule has 0 bridgehead atoms. The molecule has 0 saturated carbocycles. The number of carbonyl (C=O) groups excluding carboxylic acids is 2. The normalized spacial score (nSPS) is 10.4. The summed E-state index contributed by atoms with van der Waals surface area (Å²) in [6.07, 6.45) is 0. The van der Waals surface area contributed by atoms with Gasteiger partial charge in [0.2, 0.25) is 0 Å². The van der Waals surface area contributed by atoms with Crippen molar-refractivity contribution in [1.82, 2.24) is 0 Å². The van der Waals surface area contributed by atoms with Gasteiger partial charge in [-0.3, -0.25) is 4.79 Å². The minimum absolute atomic E-state index is 0.0985. The zero-order valence-electron chi connectivity index (χ0n) is 14.2. The van der Waals surface area contributed by atoms with Crippen LogP contribution in [0.1, 0.15) is 10.4 Å². The van der Waals surface area contributed by atoms with E-state index in [1.54, 1.807) is 18.2 Å². The minimum Gasteiger partial charge on any atom is -0.484 e. The molecule has 8 heteroatoms. The average Bonchev–Trinajstić information content (AvgIpc) is 2.66. The molecule has 3 rings (SSSR count). The third-order valence-electron chi connectivity index (χ3n) is 3.63. The number of anilines is 1. The van der Waals surface area contributed by atoms with Gasteiger partial charge in [0.15, 0.2) is 6.61 Å². The van der Waals surface area contributed by atoms with Crippen LogP contribution in [-0.4, -0.2) is 25.6 Å². The van der Waals surface area contributed by atoms with Crippen LogP contribution in [0.5, 0.6) is 5.75 Å². The highest BCUT2D eigenvalue weighted by molar-refractivity contribution is 6.01. The number of esters is 1. The number of ether oxygens (including phenoxy) is 2. The third kappa shape index (κ3) is 4.30. The largest absolute Gasteiger partial charge is 0.484 e. The predicted octanol–water partition coefficient (Wildman–Crippen LogP) is 2.74. The molecule has 0 fully saturated rings. The highest BCUT2D eigenvalue weighted by Crippen LogP contribution is 2.20. The topological polar surface area (TPSA) is 94.8 Å². The molecule has 0 aliphatic rings. The lowest BCUT2D eigenvalue weighted by molar-refractivity contribution is -0.118. The number of amides is 1. The molecule has 0 atom stereocenters. The van der Waals surface area contributed by atoms with E-state index < -0.39 is 23.3 Å². The molecule has 0 radical (unpaired) electrons.